The number of nitrogens with zero attached hydrogens (tertiary/aromatic N) is 3. The normalized spacial score (nSPS) is 19.2. The smallest absolute Gasteiger partial charge is 0.156 e. The van der Waals surface area contributed by atoms with Gasteiger partial charge in [-0.1, -0.05) is 12.1 Å². The number of likely N-dealkylation sites (tertiary alicyclic amines) is 1. The third kappa shape index (κ3) is 3.14. The number of fused-ring (bicyclic) bond motifs is 1. The Labute approximate surface area is 125 Å². The maximum Gasteiger partial charge on any atom is 0.156 e. The third-order valence-electron chi connectivity index (χ3n) is 4.23. The number of aliphatic hydroxyl groups is 1. The summed E-state index contributed by atoms with van der Waals surface area (Å²) in [5.74, 6) is 1.29. The topological polar surface area (TPSA) is 61.3 Å². The minimum atomic E-state index is -0.134. The highest BCUT2D eigenvalue weighted by Gasteiger charge is 2.20. The Morgan fingerprint density at radius 3 is 2.95 bits per heavy atom. The van der Waals surface area contributed by atoms with Crippen LogP contribution in [-0.4, -0.2) is 46.2 Å². The van der Waals surface area contributed by atoms with Gasteiger partial charge in [0.15, 0.2) is 5.82 Å². The molecule has 0 radical (unpaired) electrons. The van der Waals surface area contributed by atoms with Crippen LogP contribution in [0.4, 0.5) is 5.82 Å². The van der Waals surface area contributed by atoms with Gasteiger partial charge in [0.05, 0.1) is 5.52 Å². The summed E-state index contributed by atoms with van der Waals surface area (Å²) in [6.45, 7) is 1.96. The lowest BCUT2D eigenvalue weighted by molar-refractivity contribution is 0.272. The largest absolute Gasteiger partial charge is 0.388 e. The molecule has 21 heavy (non-hydrogen) atoms. The Morgan fingerprint density at radius 2 is 2.19 bits per heavy atom. The second-order valence-electron chi connectivity index (χ2n) is 5.66. The van der Waals surface area contributed by atoms with E-state index in [0.29, 0.717) is 11.9 Å². The van der Waals surface area contributed by atoms with Crippen LogP contribution >= 0.6 is 0 Å². The van der Waals surface area contributed by atoms with E-state index in [1.165, 1.54) is 19.4 Å². The zero-order chi connectivity index (χ0) is 14.7. The van der Waals surface area contributed by atoms with Gasteiger partial charge in [-0.05, 0) is 45.0 Å². The van der Waals surface area contributed by atoms with Gasteiger partial charge in [0.2, 0.25) is 0 Å². The van der Waals surface area contributed by atoms with E-state index in [-0.39, 0.29) is 6.61 Å². The van der Waals surface area contributed by atoms with Gasteiger partial charge >= 0.3 is 0 Å². The number of aromatic nitrogens is 2. The van der Waals surface area contributed by atoms with Crippen molar-refractivity contribution in [3.8, 4) is 0 Å². The number of rotatable bonds is 5. The second-order valence-corrected chi connectivity index (χ2v) is 5.66. The fraction of sp³-hybridized carbons (Fsp3) is 0.500. The van der Waals surface area contributed by atoms with Gasteiger partial charge in [-0.3, -0.25) is 0 Å². The van der Waals surface area contributed by atoms with Gasteiger partial charge in [0.25, 0.3) is 0 Å². The number of hydrogen-bond donors (Lipinski definition) is 2. The zero-order valence-electron chi connectivity index (χ0n) is 12.4. The fourth-order valence-electron chi connectivity index (χ4n) is 3.03. The summed E-state index contributed by atoms with van der Waals surface area (Å²) in [6.07, 6.45) is 3.69. The Bertz CT molecular complexity index is 616. The van der Waals surface area contributed by atoms with Crippen LogP contribution in [-0.2, 0) is 6.61 Å². The lowest BCUT2D eigenvalue weighted by atomic mass is 10.1. The monoisotopic (exact) mass is 286 g/mol. The first kappa shape index (κ1) is 14.2. The van der Waals surface area contributed by atoms with Crippen LogP contribution in [0.3, 0.4) is 0 Å². The molecule has 0 amide bonds. The highest BCUT2D eigenvalue weighted by Crippen LogP contribution is 2.21. The molecule has 5 heteroatoms. The quantitative estimate of drug-likeness (QED) is 0.880. The maximum atomic E-state index is 9.29. The molecule has 0 aliphatic carbocycles. The molecule has 3 rings (SSSR count). The highest BCUT2D eigenvalue weighted by atomic mass is 16.3. The average Bonchev–Trinajstić information content (AvgIpc) is 2.92. The van der Waals surface area contributed by atoms with Gasteiger partial charge in [-0.15, -0.1) is 0 Å². The summed E-state index contributed by atoms with van der Waals surface area (Å²) in [5.41, 5.74) is 0.872. The number of anilines is 1. The van der Waals surface area contributed by atoms with Crippen molar-refractivity contribution in [1.29, 1.82) is 0 Å². The van der Waals surface area contributed by atoms with E-state index in [1.807, 2.05) is 24.3 Å². The van der Waals surface area contributed by atoms with Crippen molar-refractivity contribution in [2.24, 2.45) is 0 Å². The van der Waals surface area contributed by atoms with Crippen LogP contribution in [0.25, 0.3) is 10.9 Å². The molecule has 0 bridgehead atoms. The number of para-hydroxylation sites is 1. The van der Waals surface area contributed by atoms with Crippen LogP contribution in [0.5, 0.6) is 0 Å². The molecule has 2 N–H and O–H groups in total. The predicted molar refractivity (Wildman–Crippen MR) is 84.2 cm³/mol. The summed E-state index contributed by atoms with van der Waals surface area (Å²) in [7, 11) is 2.20. The molecule has 2 heterocycles. The summed E-state index contributed by atoms with van der Waals surface area (Å²) >= 11 is 0. The molecule has 0 saturated carbocycles. The fourth-order valence-corrected chi connectivity index (χ4v) is 3.03. The maximum absolute atomic E-state index is 9.29. The van der Waals surface area contributed by atoms with Crippen LogP contribution in [0.15, 0.2) is 24.3 Å². The SMILES string of the molecule is CN1CCC[C@H]1CCNc1nc(CO)nc2ccccc12. The number of hydrogen-bond acceptors (Lipinski definition) is 5. The van der Waals surface area contributed by atoms with Crippen LogP contribution in [0, 0.1) is 0 Å². The van der Waals surface area contributed by atoms with Crippen LogP contribution < -0.4 is 5.32 Å². The molecule has 0 unspecified atom stereocenters. The summed E-state index contributed by atoms with van der Waals surface area (Å²) in [5, 5.41) is 13.7. The van der Waals surface area contributed by atoms with Gasteiger partial charge in [0, 0.05) is 18.0 Å². The van der Waals surface area contributed by atoms with Crippen molar-refractivity contribution < 1.29 is 5.11 Å². The average molecular weight is 286 g/mol. The molecular weight excluding hydrogens is 264 g/mol. The molecule has 1 saturated heterocycles. The van der Waals surface area contributed by atoms with Crippen molar-refractivity contribution in [2.45, 2.75) is 31.9 Å². The van der Waals surface area contributed by atoms with Gasteiger partial charge in [0.1, 0.15) is 12.4 Å². The number of nitrogens with one attached hydrogen (secondary N) is 1. The van der Waals surface area contributed by atoms with E-state index >= 15 is 0 Å². The molecule has 0 spiro atoms. The Balaban J connectivity index is 1.73. The van der Waals surface area contributed by atoms with E-state index in [9.17, 15) is 5.11 Å². The lowest BCUT2D eigenvalue weighted by Crippen LogP contribution is -2.27. The van der Waals surface area contributed by atoms with Crippen LogP contribution in [0.1, 0.15) is 25.1 Å². The van der Waals surface area contributed by atoms with Crippen molar-refractivity contribution >= 4 is 16.7 Å². The van der Waals surface area contributed by atoms with E-state index in [0.717, 1.165) is 29.7 Å². The minimum Gasteiger partial charge on any atom is -0.388 e. The molecule has 1 aromatic carbocycles. The van der Waals surface area contributed by atoms with Crippen molar-refractivity contribution in [3.05, 3.63) is 30.1 Å². The highest BCUT2D eigenvalue weighted by molar-refractivity contribution is 5.88. The Morgan fingerprint density at radius 1 is 1.33 bits per heavy atom. The van der Waals surface area contributed by atoms with E-state index in [4.69, 9.17) is 0 Å². The molecule has 1 atom stereocenters. The van der Waals surface area contributed by atoms with Crippen molar-refractivity contribution in [2.75, 3.05) is 25.5 Å². The van der Waals surface area contributed by atoms with E-state index < -0.39 is 0 Å². The molecule has 1 aliphatic heterocycles. The molecule has 2 aromatic rings. The number of benzene rings is 1. The molecule has 1 aliphatic rings. The Kier molecular flexibility index (Phi) is 4.31. The number of aliphatic hydroxyl groups excluding tert-OH is 1. The molecular formula is C16H22N4O. The van der Waals surface area contributed by atoms with E-state index in [2.05, 4.69) is 27.2 Å². The Hall–Kier alpha value is -1.72. The van der Waals surface area contributed by atoms with Crippen molar-refractivity contribution in [1.82, 2.24) is 14.9 Å². The minimum absolute atomic E-state index is 0.134. The molecule has 1 aromatic heterocycles. The van der Waals surface area contributed by atoms with Gasteiger partial charge in [-0.25, -0.2) is 9.97 Å². The zero-order valence-corrected chi connectivity index (χ0v) is 12.4. The van der Waals surface area contributed by atoms with Crippen molar-refractivity contribution in [3.63, 3.8) is 0 Å². The molecule has 1 fully saturated rings. The molecule has 112 valence electrons. The predicted octanol–water partition coefficient (Wildman–Crippen LogP) is 2.02. The second kappa shape index (κ2) is 6.37. The third-order valence-corrected chi connectivity index (χ3v) is 4.23. The van der Waals surface area contributed by atoms with E-state index in [1.54, 1.807) is 0 Å². The lowest BCUT2D eigenvalue weighted by Gasteiger charge is -2.19. The summed E-state index contributed by atoms with van der Waals surface area (Å²) in [4.78, 5) is 11.2. The van der Waals surface area contributed by atoms with Gasteiger partial charge < -0.3 is 15.3 Å². The van der Waals surface area contributed by atoms with Gasteiger partial charge in [-0.2, -0.15) is 0 Å². The molecule has 5 nitrogen and oxygen atoms in total. The van der Waals surface area contributed by atoms with Crippen LogP contribution in [0.2, 0.25) is 0 Å². The first-order valence-corrected chi connectivity index (χ1v) is 7.58. The standard InChI is InChI=1S/C16H22N4O/c1-20-10-4-5-12(20)8-9-17-16-13-6-2-3-7-14(13)18-15(11-21)19-16/h2-3,6-7,12,21H,4-5,8-11H2,1H3,(H,17,18,19)/t12-/m0/s1. The summed E-state index contributed by atoms with van der Waals surface area (Å²) in [6, 6.07) is 8.57. The summed E-state index contributed by atoms with van der Waals surface area (Å²) < 4.78 is 0. The first-order valence-electron chi connectivity index (χ1n) is 7.58. The first-order chi connectivity index (χ1) is 10.3.